The maximum absolute atomic E-state index is 13.0. The predicted molar refractivity (Wildman–Crippen MR) is 120 cm³/mol. The first-order valence-corrected chi connectivity index (χ1v) is 10.9. The molecule has 0 aromatic heterocycles. The van der Waals surface area contributed by atoms with Gasteiger partial charge in [0.05, 0.1) is 0 Å². The average molecular weight is 456 g/mol. The third-order valence-electron chi connectivity index (χ3n) is 5.87. The molecule has 5 nitrogen and oxygen atoms in total. The quantitative estimate of drug-likeness (QED) is 0.708. The van der Waals surface area contributed by atoms with Crippen molar-refractivity contribution in [3.05, 3.63) is 57.6 Å². The van der Waals surface area contributed by atoms with E-state index in [1.165, 1.54) is 16.8 Å². The smallest absolute Gasteiger partial charge is 0.242 e. The number of aryl methyl sites for hydroxylation is 3. The van der Waals surface area contributed by atoms with E-state index in [1.54, 1.807) is 4.90 Å². The molecule has 0 bridgehead atoms. The maximum Gasteiger partial charge on any atom is 0.242 e. The highest BCUT2D eigenvalue weighted by atomic mass is 79.9. The van der Waals surface area contributed by atoms with Crippen molar-refractivity contribution in [3.8, 4) is 0 Å². The molecule has 2 amide bonds. The van der Waals surface area contributed by atoms with Crippen molar-refractivity contribution in [1.82, 2.24) is 4.90 Å². The van der Waals surface area contributed by atoms with Crippen LogP contribution < -0.4 is 9.80 Å². The number of carbonyl (C=O) groups excluding carboxylic acids is 2. The fourth-order valence-electron chi connectivity index (χ4n) is 4.19. The summed E-state index contributed by atoms with van der Waals surface area (Å²) >= 11 is 3.49. The Morgan fingerprint density at radius 3 is 2.48 bits per heavy atom. The first-order chi connectivity index (χ1) is 13.9. The number of rotatable bonds is 3. The molecule has 0 N–H and O–H groups in total. The highest BCUT2D eigenvalue weighted by Crippen LogP contribution is 2.30. The molecular weight excluding hydrogens is 430 g/mol. The zero-order valence-electron chi connectivity index (χ0n) is 16.9. The molecule has 2 aliphatic heterocycles. The molecule has 0 unspecified atom stereocenters. The van der Waals surface area contributed by atoms with Crippen LogP contribution in [0.25, 0.3) is 0 Å². The number of fused-ring (bicyclic) bond motifs is 1. The Hall–Kier alpha value is -2.34. The molecule has 0 spiro atoms. The Morgan fingerprint density at radius 1 is 0.966 bits per heavy atom. The minimum absolute atomic E-state index is 0.0229. The number of halogens is 1. The van der Waals surface area contributed by atoms with Gasteiger partial charge >= 0.3 is 0 Å². The van der Waals surface area contributed by atoms with E-state index in [2.05, 4.69) is 52.9 Å². The number of piperazine rings is 1. The van der Waals surface area contributed by atoms with Crippen molar-refractivity contribution < 1.29 is 9.59 Å². The van der Waals surface area contributed by atoms with E-state index in [0.717, 1.165) is 35.2 Å². The van der Waals surface area contributed by atoms with Crippen LogP contribution in [0.3, 0.4) is 0 Å². The minimum atomic E-state index is 0.0229. The van der Waals surface area contributed by atoms with Crippen LogP contribution >= 0.6 is 15.9 Å². The van der Waals surface area contributed by atoms with Gasteiger partial charge in [-0.05, 0) is 61.2 Å². The highest BCUT2D eigenvalue weighted by molar-refractivity contribution is 9.10. The van der Waals surface area contributed by atoms with E-state index in [1.807, 2.05) is 23.1 Å². The van der Waals surface area contributed by atoms with Gasteiger partial charge in [0.1, 0.15) is 6.54 Å². The molecule has 29 heavy (non-hydrogen) atoms. The van der Waals surface area contributed by atoms with Gasteiger partial charge in [0.2, 0.25) is 11.8 Å². The minimum Gasteiger partial charge on any atom is -0.368 e. The second-order valence-corrected chi connectivity index (χ2v) is 8.83. The lowest BCUT2D eigenvalue weighted by Crippen LogP contribution is -2.52. The van der Waals surface area contributed by atoms with E-state index in [4.69, 9.17) is 0 Å². The first-order valence-electron chi connectivity index (χ1n) is 10.1. The number of benzene rings is 2. The number of amides is 2. The fraction of sp³-hybridized carbons (Fsp3) is 0.391. The van der Waals surface area contributed by atoms with E-state index >= 15 is 0 Å². The SMILES string of the molecule is Cc1ccc(C)c(N2CCN(C(=O)CN3C(=O)CCc4cc(Br)ccc43)CC2)c1. The summed E-state index contributed by atoms with van der Waals surface area (Å²) < 4.78 is 0.999. The Bertz CT molecular complexity index is 951. The van der Waals surface area contributed by atoms with Crippen molar-refractivity contribution in [2.75, 3.05) is 42.5 Å². The lowest BCUT2D eigenvalue weighted by Gasteiger charge is -2.38. The average Bonchev–Trinajstić information content (AvgIpc) is 2.72. The fourth-order valence-corrected chi connectivity index (χ4v) is 4.60. The molecule has 0 saturated carbocycles. The van der Waals surface area contributed by atoms with Crippen LogP contribution in [0.1, 0.15) is 23.1 Å². The zero-order valence-corrected chi connectivity index (χ0v) is 18.5. The number of carbonyl (C=O) groups is 2. The molecule has 0 aliphatic carbocycles. The molecule has 2 heterocycles. The van der Waals surface area contributed by atoms with Gasteiger partial charge in [-0.3, -0.25) is 9.59 Å². The first kappa shape index (κ1) is 20.0. The van der Waals surface area contributed by atoms with Crippen molar-refractivity contribution in [2.24, 2.45) is 0 Å². The van der Waals surface area contributed by atoms with Gasteiger partial charge in [0, 0.05) is 48.4 Å². The number of anilines is 2. The van der Waals surface area contributed by atoms with Gasteiger partial charge in [-0.1, -0.05) is 28.1 Å². The van der Waals surface area contributed by atoms with Crippen LogP contribution in [0.15, 0.2) is 40.9 Å². The molecule has 152 valence electrons. The molecule has 2 aromatic carbocycles. The second kappa shape index (κ2) is 8.19. The Kier molecular flexibility index (Phi) is 5.63. The predicted octanol–water partition coefficient (Wildman–Crippen LogP) is 3.69. The van der Waals surface area contributed by atoms with Crippen molar-refractivity contribution >= 4 is 39.1 Å². The van der Waals surface area contributed by atoms with Crippen molar-refractivity contribution in [3.63, 3.8) is 0 Å². The monoisotopic (exact) mass is 455 g/mol. The van der Waals surface area contributed by atoms with Crippen LogP contribution in [0.5, 0.6) is 0 Å². The lowest BCUT2D eigenvalue weighted by molar-refractivity contribution is -0.131. The van der Waals surface area contributed by atoms with Crippen LogP contribution in [0, 0.1) is 13.8 Å². The molecular formula is C23H26BrN3O2. The van der Waals surface area contributed by atoms with Crippen molar-refractivity contribution in [1.29, 1.82) is 0 Å². The lowest BCUT2D eigenvalue weighted by atomic mass is 10.0. The third-order valence-corrected chi connectivity index (χ3v) is 6.37. The number of nitrogens with zero attached hydrogens (tertiary/aromatic N) is 3. The summed E-state index contributed by atoms with van der Waals surface area (Å²) in [5.41, 5.74) is 5.75. The van der Waals surface area contributed by atoms with E-state index in [-0.39, 0.29) is 18.4 Å². The molecule has 4 rings (SSSR count). The van der Waals surface area contributed by atoms with Crippen LogP contribution in [-0.2, 0) is 16.0 Å². The zero-order chi connectivity index (χ0) is 20.5. The van der Waals surface area contributed by atoms with E-state index in [9.17, 15) is 9.59 Å². The summed E-state index contributed by atoms with van der Waals surface area (Å²) in [6.45, 7) is 7.35. The topological polar surface area (TPSA) is 43.9 Å². The standard InChI is InChI=1S/C23H26BrN3O2/c1-16-3-4-17(2)21(13-16)25-9-11-26(12-10-25)23(29)15-27-20-7-6-19(24)14-18(20)5-8-22(27)28/h3-4,6-7,13-14H,5,8-12,15H2,1-2H3. The maximum atomic E-state index is 13.0. The summed E-state index contributed by atoms with van der Waals surface area (Å²) in [4.78, 5) is 31.4. The van der Waals surface area contributed by atoms with Gasteiger partial charge in [-0.15, -0.1) is 0 Å². The summed E-state index contributed by atoms with van der Waals surface area (Å²) in [6.07, 6.45) is 1.18. The van der Waals surface area contributed by atoms with Gasteiger partial charge in [-0.2, -0.15) is 0 Å². The van der Waals surface area contributed by atoms with Crippen LogP contribution in [0.2, 0.25) is 0 Å². The van der Waals surface area contributed by atoms with E-state index in [0.29, 0.717) is 19.5 Å². The summed E-state index contributed by atoms with van der Waals surface area (Å²) in [7, 11) is 0. The largest absolute Gasteiger partial charge is 0.368 e. The van der Waals surface area contributed by atoms with Gasteiger partial charge in [-0.25, -0.2) is 0 Å². The summed E-state index contributed by atoms with van der Waals surface area (Å²) in [5, 5.41) is 0. The van der Waals surface area contributed by atoms with Crippen LogP contribution in [0.4, 0.5) is 11.4 Å². The molecule has 2 aliphatic rings. The summed E-state index contributed by atoms with van der Waals surface area (Å²) in [5.74, 6) is 0.0527. The Balaban J connectivity index is 1.42. The number of hydrogen-bond acceptors (Lipinski definition) is 3. The van der Waals surface area contributed by atoms with Crippen molar-refractivity contribution in [2.45, 2.75) is 26.7 Å². The van der Waals surface area contributed by atoms with Gasteiger partial charge in [0.25, 0.3) is 0 Å². The van der Waals surface area contributed by atoms with Crippen LogP contribution in [-0.4, -0.2) is 49.4 Å². The van der Waals surface area contributed by atoms with Gasteiger partial charge in [0.15, 0.2) is 0 Å². The van der Waals surface area contributed by atoms with E-state index < -0.39 is 0 Å². The summed E-state index contributed by atoms with van der Waals surface area (Å²) in [6, 6.07) is 12.4. The Morgan fingerprint density at radius 2 is 1.72 bits per heavy atom. The second-order valence-electron chi connectivity index (χ2n) is 7.91. The number of hydrogen-bond donors (Lipinski definition) is 0. The normalized spacial score (nSPS) is 16.8. The molecule has 0 radical (unpaired) electrons. The molecule has 1 fully saturated rings. The molecule has 0 atom stereocenters. The molecule has 6 heteroatoms. The molecule has 2 aromatic rings. The highest BCUT2D eigenvalue weighted by Gasteiger charge is 2.29. The molecule has 1 saturated heterocycles. The Labute approximate surface area is 180 Å². The van der Waals surface area contributed by atoms with Gasteiger partial charge < -0.3 is 14.7 Å². The third kappa shape index (κ3) is 4.17.